The second-order valence-corrected chi connectivity index (χ2v) is 15.2. The van der Waals surface area contributed by atoms with Crippen molar-refractivity contribution in [1.29, 1.82) is 0 Å². The van der Waals surface area contributed by atoms with Crippen LogP contribution >= 0.6 is 11.8 Å². The summed E-state index contributed by atoms with van der Waals surface area (Å²) in [7, 11) is 0. The zero-order valence-electron chi connectivity index (χ0n) is 27.9. The third kappa shape index (κ3) is 6.57. The van der Waals surface area contributed by atoms with E-state index in [1.54, 1.807) is 27.6 Å². The summed E-state index contributed by atoms with van der Waals surface area (Å²) in [5, 5.41) is 10.6. The molecule has 45 heavy (non-hydrogen) atoms. The summed E-state index contributed by atoms with van der Waals surface area (Å²) in [5.41, 5.74) is 1.80. The van der Waals surface area contributed by atoms with Crippen molar-refractivity contribution in [2.75, 3.05) is 42.6 Å². The van der Waals surface area contributed by atoms with Gasteiger partial charge in [-0.05, 0) is 89.5 Å². The molecule has 1 aromatic carbocycles. The van der Waals surface area contributed by atoms with Gasteiger partial charge in [-0.1, -0.05) is 26.0 Å². The van der Waals surface area contributed by atoms with Crippen LogP contribution in [0.3, 0.4) is 0 Å². The zero-order valence-corrected chi connectivity index (χ0v) is 28.7. The predicted molar refractivity (Wildman–Crippen MR) is 183 cm³/mol. The predicted octanol–water partition coefficient (Wildman–Crippen LogP) is 5.84. The van der Waals surface area contributed by atoms with E-state index in [4.69, 9.17) is 4.74 Å². The summed E-state index contributed by atoms with van der Waals surface area (Å²) < 4.78 is 4.51. The number of hydrogen-bond acceptors (Lipinski definition) is 7. The number of rotatable bonds is 17. The Balaban J connectivity index is 1.74. The van der Waals surface area contributed by atoms with E-state index in [9.17, 15) is 19.5 Å². The molecule has 0 aromatic heterocycles. The number of carbonyl (C=O) groups excluding carboxylic acids is 3. The second-order valence-electron chi connectivity index (χ2n) is 13.3. The first-order valence-corrected chi connectivity index (χ1v) is 17.5. The van der Waals surface area contributed by atoms with Crippen molar-refractivity contribution in [3.05, 3.63) is 49.6 Å². The number of carbonyl (C=O) groups is 3. The highest BCUT2D eigenvalue weighted by Gasteiger charge is 2.78. The molecule has 3 saturated heterocycles. The summed E-state index contributed by atoms with van der Waals surface area (Å²) in [6, 6.07) is 6.59. The number of hydrogen-bond donors (Lipinski definition) is 1. The Bertz CT molecular complexity index is 1230. The van der Waals surface area contributed by atoms with Crippen molar-refractivity contribution in [1.82, 2.24) is 4.90 Å². The Hall–Kier alpha value is -2.78. The molecule has 0 radical (unpaired) electrons. The van der Waals surface area contributed by atoms with Crippen molar-refractivity contribution < 1.29 is 24.2 Å². The lowest BCUT2D eigenvalue weighted by atomic mass is 9.66. The van der Waals surface area contributed by atoms with Crippen molar-refractivity contribution in [3.8, 4) is 0 Å². The Morgan fingerprint density at radius 3 is 2.36 bits per heavy atom. The lowest BCUT2D eigenvalue weighted by Crippen LogP contribution is -2.57. The highest BCUT2D eigenvalue weighted by molar-refractivity contribution is 8.02. The van der Waals surface area contributed by atoms with Crippen molar-refractivity contribution in [2.45, 2.75) is 94.7 Å². The molecule has 3 aliphatic rings. The quantitative estimate of drug-likeness (QED) is 0.130. The van der Waals surface area contributed by atoms with Gasteiger partial charge in [0, 0.05) is 35.8 Å². The summed E-state index contributed by atoms with van der Waals surface area (Å²) in [6.45, 7) is 20.1. The largest absolute Gasteiger partial charge is 0.465 e. The van der Waals surface area contributed by atoms with E-state index in [1.807, 2.05) is 30.3 Å². The van der Waals surface area contributed by atoms with Gasteiger partial charge in [-0.25, -0.2) is 0 Å². The van der Waals surface area contributed by atoms with Crippen LogP contribution in [0.1, 0.15) is 73.1 Å². The molecule has 0 aliphatic carbocycles. The standard InChI is InChI=1S/C36H53N3O5S/c1-8-12-13-14-22-44-34(43)30-29-32(41)39(28(24-40)23-25(5)6)31(36(29)20-19-35(30,7)45-36)33(42)38(21-9-2)27-17-15-26(16-18-27)37(10-3)11-4/h8-9,15-18,25,28-31,40H,1-2,10-14,19-24H2,3-7H3/t28-,29+,30+,31?,35-,36?/m1/s1. The number of fused-ring (bicyclic) bond motifs is 1. The zero-order chi connectivity index (χ0) is 32.9. The molecule has 6 atom stereocenters. The summed E-state index contributed by atoms with van der Waals surface area (Å²) in [5.74, 6) is -1.91. The lowest BCUT2D eigenvalue weighted by Gasteiger charge is -2.40. The number of benzene rings is 1. The molecule has 9 heteroatoms. The van der Waals surface area contributed by atoms with Gasteiger partial charge in [0.05, 0.1) is 35.8 Å². The first-order valence-electron chi connectivity index (χ1n) is 16.7. The van der Waals surface area contributed by atoms with E-state index in [0.29, 0.717) is 25.9 Å². The fourth-order valence-corrected chi connectivity index (χ4v) is 10.2. The number of allylic oxidation sites excluding steroid dienone is 1. The average molecular weight is 640 g/mol. The molecule has 4 rings (SSSR count). The van der Waals surface area contributed by atoms with E-state index in [-0.39, 0.29) is 36.9 Å². The molecule has 248 valence electrons. The lowest BCUT2D eigenvalue weighted by molar-refractivity contribution is -0.156. The van der Waals surface area contributed by atoms with Crippen LogP contribution in [0.4, 0.5) is 11.4 Å². The van der Waals surface area contributed by atoms with E-state index in [0.717, 1.165) is 43.7 Å². The van der Waals surface area contributed by atoms with Crippen LogP contribution in [-0.2, 0) is 19.1 Å². The van der Waals surface area contributed by atoms with Gasteiger partial charge in [0.25, 0.3) is 5.91 Å². The molecule has 8 nitrogen and oxygen atoms in total. The second kappa shape index (κ2) is 14.8. The summed E-state index contributed by atoms with van der Waals surface area (Å²) in [4.78, 5) is 49.0. The molecule has 3 aliphatic heterocycles. The van der Waals surface area contributed by atoms with Crippen LogP contribution < -0.4 is 9.80 Å². The van der Waals surface area contributed by atoms with Crippen molar-refractivity contribution in [3.63, 3.8) is 0 Å². The molecular formula is C36H53N3O5S. The van der Waals surface area contributed by atoms with Crippen LogP contribution in [0, 0.1) is 17.8 Å². The van der Waals surface area contributed by atoms with E-state index in [2.05, 4.69) is 52.7 Å². The molecule has 1 aromatic rings. The van der Waals surface area contributed by atoms with Crippen LogP contribution in [0.5, 0.6) is 0 Å². The van der Waals surface area contributed by atoms with Crippen molar-refractivity contribution >= 4 is 40.9 Å². The van der Waals surface area contributed by atoms with Gasteiger partial charge >= 0.3 is 5.97 Å². The number of thioether (sulfide) groups is 1. The molecule has 0 saturated carbocycles. The van der Waals surface area contributed by atoms with Crippen LogP contribution in [-0.4, -0.2) is 82.2 Å². The van der Waals surface area contributed by atoms with Crippen molar-refractivity contribution in [2.24, 2.45) is 17.8 Å². The van der Waals surface area contributed by atoms with E-state index in [1.165, 1.54) is 0 Å². The first kappa shape index (κ1) is 35.1. The van der Waals surface area contributed by atoms with Crippen LogP contribution in [0.2, 0.25) is 0 Å². The van der Waals surface area contributed by atoms with E-state index >= 15 is 0 Å². The molecule has 3 heterocycles. The monoisotopic (exact) mass is 639 g/mol. The Kier molecular flexibility index (Phi) is 11.5. The molecule has 3 fully saturated rings. The third-order valence-corrected chi connectivity index (χ3v) is 12.0. The van der Waals surface area contributed by atoms with Gasteiger partial charge in [-0.3, -0.25) is 14.4 Å². The number of unbranched alkanes of at least 4 members (excludes halogenated alkanes) is 2. The Morgan fingerprint density at radius 2 is 1.78 bits per heavy atom. The van der Waals surface area contributed by atoms with Gasteiger partial charge in [0.2, 0.25) is 5.91 Å². The average Bonchev–Trinajstić information content (AvgIpc) is 3.59. The number of likely N-dealkylation sites (tertiary alicyclic amines) is 1. The topological polar surface area (TPSA) is 90.4 Å². The number of amides is 2. The SMILES string of the molecule is C=CCCCCOC(=O)[C@@H]1[C@H]2C(=O)N([C@@H](CO)CC(C)C)C(C(=O)N(CC=C)c3ccc(N(CC)CC)cc3)C23CC[C@@]1(C)S3. The minimum Gasteiger partial charge on any atom is -0.465 e. The molecule has 1 N–H and O–H groups in total. The fraction of sp³-hybridized carbons (Fsp3) is 0.639. The highest BCUT2D eigenvalue weighted by Crippen LogP contribution is 2.72. The first-order chi connectivity index (χ1) is 21.5. The molecule has 2 unspecified atom stereocenters. The molecule has 1 spiro atoms. The normalized spacial score (nSPS) is 27.4. The molecule has 2 amide bonds. The molecule has 2 bridgehead atoms. The van der Waals surface area contributed by atoms with Gasteiger partial charge in [0.1, 0.15) is 6.04 Å². The maximum absolute atomic E-state index is 15.0. The number of aliphatic hydroxyl groups excluding tert-OH is 1. The van der Waals surface area contributed by atoms with Gasteiger partial charge < -0.3 is 24.5 Å². The number of nitrogens with zero attached hydrogens (tertiary/aromatic N) is 3. The maximum Gasteiger partial charge on any atom is 0.311 e. The van der Waals surface area contributed by atoms with Gasteiger partial charge in [-0.15, -0.1) is 24.9 Å². The number of ether oxygens (including phenoxy) is 1. The van der Waals surface area contributed by atoms with E-state index < -0.39 is 33.4 Å². The maximum atomic E-state index is 15.0. The minimum absolute atomic E-state index is 0.193. The highest BCUT2D eigenvalue weighted by atomic mass is 32.2. The Labute approximate surface area is 274 Å². The number of anilines is 2. The minimum atomic E-state index is -0.828. The van der Waals surface area contributed by atoms with Crippen LogP contribution in [0.25, 0.3) is 0 Å². The Morgan fingerprint density at radius 1 is 1.11 bits per heavy atom. The fourth-order valence-electron chi connectivity index (χ4n) is 7.90. The number of esters is 1. The summed E-state index contributed by atoms with van der Waals surface area (Å²) in [6.07, 6.45) is 7.93. The smallest absolute Gasteiger partial charge is 0.311 e. The summed E-state index contributed by atoms with van der Waals surface area (Å²) >= 11 is 1.63. The number of aliphatic hydroxyl groups is 1. The molecular weight excluding hydrogens is 586 g/mol. The van der Waals surface area contributed by atoms with Gasteiger partial charge in [-0.2, -0.15) is 0 Å². The van der Waals surface area contributed by atoms with Crippen LogP contribution in [0.15, 0.2) is 49.6 Å². The third-order valence-electron chi connectivity index (χ3n) is 9.96. The van der Waals surface area contributed by atoms with Gasteiger partial charge in [0.15, 0.2) is 0 Å².